The second-order valence-electron chi connectivity index (χ2n) is 6.20. The molecule has 0 N–H and O–H groups in total. The first-order valence-corrected chi connectivity index (χ1v) is 8.38. The quantitative estimate of drug-likeness (QED) is 0.383. The number of nitro groups is 1. The third-order valence-electron chi connectivity index (χ3n) is 4.63. The molecule has 0 bridgehead atoms. The zero-order valence-corrected chi connectivity index (χ0v) is 15.1. The molecule has 4 aromatic rings. The number of benzene rings is 2. The Balaban J connectivity index is 2.16. The van der Waals surface area contributed by atoms with Gasteiger partial charge < -0.3 is 13.8 Å². The van der Waals surface area contributed by atoms with Crippen LogP contribution in [-0.2, 0) is 0 Å². The maximum absolute atomic E-state index is 12.0. The Hall–Kier alpha value is -3.61. The summed E-state index contributed by atoms with van der Waals surface area (Å²) in [5.74, 6) is 1.25. The molecule has 136 valence electrons. The lowest BCUT2D eigenvalue weighted by molar-refractivity contribution is -0.382. The lowest BCUT2D eigenvalue weighted by Gasteiger charge is -2.11. The van der Waals surface area contributed by atoms with E-state index >= 15 is 0 Å². The molecule has 0 aliphatic rings. The summed E-state index contributed by atoms with van der Waals surface area (Å²) < 4.78 is 12.4. The second kappa shape index (κ2) is 6.28. The van der Waals surface area contributed by atoms with E-state index in [-0.39, 0.29) is 10.6 Å². The third-order valence-corrected chi connectivity index (χ3v) is 4.63. The Bertz CT molecular complexity index is 1140. The first kappa shape index (κ1) is 16.8. The topological polar surface area (TPSA) is 83.3 Å². The molecule has 7 heteroatoms. The molecule has 2 aromatic heterocycles. The van der Waals surface area contributed by atoms with Gasteiger partial charge in [-0.3, -0.25) is 10.1 Å². The lowest BCUT2D eigenvalue weighted by Crippen LogP contribution is -2.00. The Kier molecular flexibility index (Phi) is 3.92. The zero-order valence-electron chi connectivity index (χ0n) is 15.1. The van der Waals surface area contributed by atoms with Crippen molar-refractivity contribution in [1.82, 2.24) is 9.72 Å². The molecule has 0 aliphatic carbocycles. The van der Waals surface area contributed by atoms with Crippen LogP contribution >= 0.6 is 0 Å². The van der Waals surface area contributed by atoms with Gasteiger partial charge in [0, 0.05) is 5.69 Å². The number of para-hydroxylation sites is 1. The minimum absolute atomic E-state index is 0.0378. The normalized spacial score (nSPS) is 11.1. The minimum atomic E-state index is -0.344. The van der Waals surface area contributed by atoms with E-state index in [9.17, 15) is 10.1 Å². The standard InChI is InChI=1S/C20H17N3O4/c1-12-18(13(2)27-21-12)20-19(23(24)25)16-6-4-5-7-17(16)22(20)14-8-10-15(26-3)11-9-14/h4-11H,1-3H3. The fourth-order valence-corrected chi connectivity index (χ4v) is 3.46. The Morgan fingerprint density at radius 3 is 2.41 bits per heavy atom. The number of ether oxygens (including phenoxy) is 1. The largest absolute Gasteiger partial charge is 0.497 e. The Morgan fingerprint density at radius 1 is 1.11 bits per heavy atom. The van der Waals surface area contributed by atoms with Crippen molar-refractivity contribution in [1.29, 1.82) is 0 Å². The average molecular weight is 363 g/mol. The van der Waals surface area contributed by atoms with Crippen molar-refractivity contribution in [2.24, 2.45) is 0 Å². The van der Waals surface area contributed by atoms with Gasteiger partial charge in [-0.15, -0.1) is 0 Å². The monoisotopic (exact) mass is 363 g/mol. The number of aryl methyl sites for hydroxylation is 2. The fourth-order valence-electron chi connectivity index (χ4n) is 3.46. The molecule has 0 unspecified atom stereocenters. The molecule has 0 radical (unpaired) electrons. The average Bonchev–Trinajstić information content (AvgIpc) is 3.18. The van der Waals surface area contributed by atoms with E-state index in [4.69, 9.17) is 9.26 Å². The van der Waals surface area contributed by atoms with Crippen LogP contribution in [0.4, 0.5) is 5.69 Å². The van der Waals surface area contributed by atoms with Gasteiger partial charge in [0.2, 0.25) is 0 Å². The SMILES string of the molecule is COc1ccc(-n2c(-c3c(C)noc3C)c([N+](=O)[O-])c3ccccc32)cc1. The van der Waals surface area contributed by atoms with E-state index in [1.807, 2.05) is 41.0 Å². The number of aromatic nitrogens is 2. The molecule has 0 aliphatic heterocycles. The highest BCUT2D eigenvalue weighted by atomic mass is 16.6. The third kappa shape index (κ3) is 2.55. The van der Waals surface area contributed by atoms with Gasteiger partial charge in [0.1, 0.15) is 17.2 Å². The smallest absolute Gasteiger partial charge is 0.303 e. The molecule has 0 saturated carbocycles. The van der Waals surface area contributed by atoms with Crippen molar-refractivity contribution >= 4 is 16.6 Å². The molecule has 2 heterocycles. The number of hydrogen-bond donors (Lipinski definition) is 0. The number of hydrogen-bond acceptors (Lipinski definition) is 5. The summed E-state index contributed by atoms with van der Waals surface area (Å²) in [6, 6.07) is 14.7. The number of methoxy groups -OCH3 is 1. The summed E-state index contributed by atoms with van der Waals surface area (Å²) in [5.41, 5.74) is 3.26. The van der Waals surface area contributed by atoms with Gasteiger partial charge in [-0.2, -0.15) is 0 Å². The van der Waals surface area contributed by atoms with E-state index in [0.717, 1.165) is 11.2 Å². The van der Waals surface area contributed by atoms with Crippen molar-refractivity contribution in [2.45, 2.75) is 13.8 Å². The van der Waals surface area contributed by atoms with Crippen LogP contribution in [0, 0.1) is 24.0 Å². The molecule has 4 rings (SSSR count). The Morgan fingerprint density at radius 2 is 1.81 bits per heavy atom. The molecule has 7 nitrogen and oxygen atoms in total. The molecule has 0 fully saturated rings. The van der Waals surface area contributed by atoms with Crippen LogP contribution in [-0.4, -0.2) is 21.8 Å². The lowest BCUT2D eigenvalue weighted by atomic mass is 10.1. The highest BCUT2D eigenvalue weighted by Crippen LogP contribution is 2.43. The van der Waals surface area contributed by atoms with Gasteiger partial charge in [0.25, 0.3) is 0 Å². The molecule has 0 amide bonds. The van der Waals surface area contributed by atoms with Crippen molar-refractivity contribution in [3.8, 4) is 22.7 Å². The first-order chi connectivity index (χ1) is 13.0. The molecular formula is C20H17N3O4. The molecule has 27 heavy (non-hydrogen) atoms. The van der Waals surface area contributed by atoms with E-state index in [1.165, 1.54) is 0 Å². The summed E-state index contributed by atoms with van der Waals surface area (Å²) in [7, 11) is 1.60. The summed E-state index contributed by atoms with van der Waals surface area (Å²) in [5, 5.41) is 16.6. The van der Waals surface area contributed by atoms with Gasteiger partial charge in [-0.1, -0.05) is 17.3 Å². The van der Waals surface area contributed by atoms with Gasteiger partial charge in [-0.05, 0) is 50.2 Å². The maximum Gasteiger partial charge on any atom is 0.303 e. The first-order valence-electron chi connectivity index (χ1n) is 8.38. The van der Waals surface area contributed by atoms with Crippen LogP contribution < -0.4 is 4.74 Å². The van der Waals surface area contributed by atoms with Crippen molar-refractivity contribution in [3.63, 3.8) is 0 Å². The van der Waals surface area contributed by atoms with Crippen LogP contribution in [0.5, 0.6) is 5.75 Å². The van der Waals surface area contributed by atoms with E-state index in [2.05, 4.69) is 5.16 Å². The molecule has 2 aromatic carbocycles. The predicted octanol–water partition coefficient (Wildman–Crippen LogP) is 4.82. The van der Waals surface area contributed by atoms with E-state index in [0.29, 0.717) is 33.8 Å². The predicted molar refractivity (Wildman–Crippen MR) is 101 cm³/mol. The summed E-state index contributed by atoms with van der Waals surface area (Å²) >= 11 is 0. The molecule has 0 saturated heterocycles. The highest BCUT2D eigenvalue weighted by molar-refractivity contribution is 6.00. The zero-order chi connectivity index (χ0) is 19.1. The van der Waals surface area contributed by atoms with Crippen molar-refractivity contribution in [3.05, 3.63) is 70.1 Å². The second-order valence-corrected chi connectivity index (χ2v) is 6.20. The maximum atomic E-state index is 12.0. The van der Waals surface area contributed by atoms with E-state index < -0.39 is 0 Å². The summed E-state index contributed by atoms with van der Waals surface area (Å²) in [6.45, 7) is 3.54. The molecule has 0 spiro atoms. The van der Waals surface area contributed by atoms with Gasteiger partial charge in [0.15, 0.2) is 0 Å². The van der Waals surface area contributed by atoms with Crippen LogP contribution in [0.2, 0.25) is 0 Å². The number of fused-ring (bicyclic) bond motifs is 1. The highest BCUT2D eigenvalue weighted by Gasteiger charge is 2.31. The van der Waals surface area contributed by atoms with E-state index in [1.54, 1.807) is 33.1 Å². The fraction of sp³-hybridized carbons (Fsp3) is 0.150. The van der Waals surface area contributed by atoms with Crippen LogP contribution in [0.1, 0.15) is 11.5 Å². The van der Waals surface area contributed by atoms with Crippen LogP contribution in [0.3, 0.4) is 0 Å². The van der Waals surface area contributed by atoms with Gasteiger partial charge in [-0.25, -0.2) is 0 Å². The van der Waals surface area contributed by atoms with Crippen LogP contribution in [0.15, 0.2) is 53.1 Å². The Labute approximate surface area is 154 Å². The minimum Gasteiger partial charge on any atom is -0.497 e. The van der Waals surface area contributed by atoms with Crippen LogP contribution in [0.25, 0.3) is 27.8 Å². The number of rotatable bonds is 4. The summed E-state index contributed by atoms with van der Waals surface area (Å²) in [6.07, 6.45) is 0. The molecular weight excluding hydrogens is 346 g/mol. The van der Waals surface area contributed by atoms with Gasteiger partial charge in [0.05, 0.1) is 34.2 Å². The molecule has 0 atom stereocenters. The number of nitrogens with zero attached hydrogens (tertiary/aromatic N) is 3. The van der Waals surface area contributed by atoms with Crippen molar-refractivity contribution in [2.75, 3.05) is 7.11 Å². The van der Waals surface area contributed by atoms with Crippen molar-refractivity contribution < 1.29 is 14.2 Å². The summed E-state index contributed by atoms with van der Waals surface area (Å²) in [4.78, 5) is 11.7. The van der Waals surface area contributed by atoms with Gasteiger partial charge >= 0.3 is 5.69 Å².